The Balaban J connectivity index is 1.95. The van der Waals surface area contributed by atoms with Gasteiger partial charge in [0.25, 0.3) is 0 Å². The smallest absolute Gasteiger partial charge is 0.0193 e. The summed E-state index contributed by atoms with van der Waals surface area (Å²) >= 11 is 0. The highest BCUT2D eigenvalue weighted by Crippen LogP contribution is 2.68. The summed E-state index contributed by atoms with van der Waals surface area (Å²) in [6.45, 7) is 18.0. The second-order valence-corrected chi connectivity index (χ2v) is 7.11. The van der Waals surface area contributed by atoms with Crippen molar-refractivity contribution in [3.05, 3.63) is 0 Å². The average Bonchev–Trinajstić information content (AvgIpc) is 2.54. The molecule has 0 spiro atoms. The van der Waals surface area contributed by atoms with E-state index in [0.29, 0.717) is 22.9 Å². The minimum atomic E-state index is 0.529. The van der Waals surface area contributed by atoms with Crippen molar-refractivity contribution in [1.82, 2.24) is 10.2 Å². The normalized spacial score (nSPS) is 38.6. The maximum atomic E-state index is 3.56. The van der Waals surface area contributed by atoms with Gasteiger partial charge < -0.3 is 5.32 Å². The molecule has 1 saturated heterocycles. The van der Waals surface area contributed by atoms with Gasteiger partial charge in [0, 0.05) is 31.7 Å². The molecule has 2 rings (SSSR count). The molecule has 2 heteroatoms. The van der Waals surface area contributed by atoms with E-state index >= 15 is 0 Å². The van der Waals surface area contributed by atoms with E-state index in [1.807, 2.05) is 0 Å². The number of rotatable bonds is 2. The van der Waals surface area contributed by atoms with Crippen LogP contribution in [0, 0.1) is 16.7 Å². The van der Waals surface area contributed by atoms with E-state index in [1.165, 1.54) is 13.1 Å². The van der Waals surface area contributed by atoms with Crippen molar-refractivity contribution in [1.29, 1.82) is 0 Å². The molecule has 1 N–H and O–H groups in total. The van der Waals surface area contributed by atoms with E-state index in [4.69, 9.17) is 0 Å². The largest absolute Gasteiger partial charge is 0.311 e. The maximum absolute atomic E-state index is 3.56. The third-order valence-corrected chi connectivity index (χ3v) is 5.63. The molecule has 1 heterocycles. The fraction of sp³-hybridized carbons (Fsp3) is 1.00. The highest BCUT2D eigenvalue weighted by Gasteiger charge is 2.64. The van der Waals surface area contributed by atoms with E-state index in [0.717, 1.165) is 12.5 Å². The molecule has 2 unspecified atom stereocenters. The molecular weight excluding hydrogens is 196 g/mol. The Hall–Kier alpha value is -0.0800. The molecule has 2 aliphatic rings. The first-order valence-electron chi connectivity index (χ1n) is 6.74. The second-order valence-electron chi connectivity index (χ2n) is 7.11. The molecule has 1 aliphatic heterocycles. The first kappa shape index (κ1) is 12.4. The standard InChI is InChI=1S/C14H28N2/c1-10-8-16(11(2)7-15-10)9-12-13(3,4)14(12,5)6/h10-12,15H,7-9H2,1-6H3. The third kappa shape index (κ3) is 1.80. The summed E-state index contributed by atoms with van der Waals surface area (Å²) in [4.78, 5) is 2.68. The number of hydrogen-bond acceptors (Lipinski definition) is 2. The molecule has 0 radical (unpaired) electrons. The fourth-order valence-electron chi connectivity index (χ4n) is 3.38. The van der Waals surface area contributed by atoms with Crippen molar-refractivity contribution in [3.63, 3.8) is 0 Å². The lowest BCUT2D eigenvalue weighted by molar-refractivity contribution is 0.132. The van der Waals surface area contributed by atoms with Gasteiger partial charge >= 0.3 is 0 Å². The molecular formula is C14H28N2. The van der Waals surface area contributed by atoms with Crippen LogP contribution < -0.4 is 5.32 Å². The summed E-state index contributed by atoms with van der Waals surface area (Å²) in [5.74, 6) is 0.868. The Morgan fingerprint density at radius 1 is 1.12 bits per heavy atom. The van der Waals surface area contributed by atoms with Crippen molar-refractivity contribution >= 4 is 0 Å². The predicted molar refractivity (Wildman–Crippen MR) is 69.6 cm³/mol. The minimum absolute atomic E-state index is 0.529. The molecule has 2 atom stereocenters. The molecule has 1 saturated carbocycles. The lowest BCUT2D eigenvalue weighted by Gasteiger charge is -2.38. The maximum Gasteiger partial charge on any atom is 0.0193 e. The number of piperazine rings is 1. The molecule has 0 aromatic heterocycles. The molecule has 16 heavy (non-hydrogen) atoms. The van der Waals surface area contributed by atoms with Crippen LogP contribution in [0.4, 0.5) is 0 Å². The molecule has 1 aliphatic carbocycles. The summed E-state index contributed by atoms with van der Waals surface area (Å²) in [5, 5.41) is 3.56. The summed E-state index contributed by atoms with van der Waals surface area (Å²) in [7, 11) is 0. The van der Waals surface area contributed by atoms with Crippen molar-refractivity contribution in [2.24, 2.45) is 16.7 Å². The quantitative estimate of drug-likeness (QED) is 0.774. The summed E-state index contributed by atoms with van der Waals surface area (Å²) in [6.07, 6.45) is 0. The van der Waals surface area contributed by atoms with Crippen LogP contribution >= 0.6 is 0 Å². The number of nitrogens with one attached hydrogen (secondary N) is 1. The van der Waals surface area contributed by atoms with Crippen LogP contribution in [-0.4, -0.2) is 36.6 Å². The Bertz CT molecular complexity index is 256. The monoisotopic (exact) mass is 224 g/mol. The Morgan fingerprint density at radius 2 is 1.69 bits per heavy atom. The molecule has 0 aromatic rings. The molecule has 2 nitrogen and oxygen atoms in total. The van der Waals surface area contributed by atoms with Crippen molar-refractivity contribution in [3.8, 4) is 0 Å². The van der Waals surface area contributed by atoms with Gasteiger partial charge in [-0.05, 0) is 30.6 Å². The average molecular weight is 224 g/mol. The van der Waals surface area contributed by atoms with Crippen molar-refractivity contribution < 1.29 is 0 Å². The van der Waals surface area contributed by atoms with Crippen LogP contribution in [0.5, 0.6) is 0 Å². The van der Waals surface area contributed by atoms with Gasteiger partial charge in [-0.2, -0.15) is 0 Å². The summed E-state index contributed by atoms with van der Waals surface area (Å²) in [5.41, 5.74) is 1.06. The van der Waals surface area contributed by atoms with Crippen molar-refractivity contribution in [2.45, 2.75) is 53.6 Å². The Kier molecular flexibility index (Phi) is 2.87. The predicted octanol–water partition coefficient (Wildman–Crippen LogP) is 2.35. The van der Waals surface area contributed by atoms with Crippen LogP contribution in [0.1, 0.15) is 41.5 Å². The van der Waals surface area contributed by atoms with Gasteiger partial charge in [0.05, 0.1) is 0 Å². The molecule has 2 fully saturated rings. The van der Waals surface area contributed by atoms with E-state index in [9.17, 15) is 0 Å². The zero-order valence-corrected chi connectivity index (χ0v) is 11.8. The van der Waals surface area contributed by atoms with Crippen LogP contribution in [0.3, 0.4) is 0 Å². The first-order valence-corrected chi connectivity index (χ1v) is 6.74. The van der Waals surface area contributed by atoms with Gasteiger partial charge in [-0.15, -0.1) is 0 Å². The van der Waals surface area contributed by atoms with Gasteiger partial charge in [-0.3, -0.25) is 4.90 Å². The summed E-state index contributed by atoms with van der Waals surface area (Å²) in [6, 6.07) is 1.35. The highest BCUT2D eigenvalue weighted by molar-refractivity contribution is 5.13. The lowest BCUT2D eigenvalue weighted by atomic mass is 10.0. The highest BCUT2D eigenvalue weighted by atomic mass is 15.2. The lowest BCUT2D eigenvalue weighted by Crippen LogP contribution is -2.54. The topological polar surface area (TPSA) is 15.3 Å². The third-order valence-electron chi connectivity index (χ3n) is 5.63. The number of hydrogen-bond donors (Lipinski definition) is 1. The molecule has 94 valence electrons. The SMILES string of the molecule is CC1CN(CC2C(C)(C)C2(C)C)C(C)CN1. The van der Waals surface area contributed by atoms with Gasteiger partial charge in [0.15, 0.2) is 0 Å². The van der Waals surface area contributed by atoms with Gasteiger partial charge in [-0.1, -0.05) is 27.7 Å². The molecule has 0 amide bonds. The fourth-order valence-corrected chi connectivity index (χ4v) is 3.38. The minimum Gasteiger partial charge on any atom is -0.311 e. The van der Waals surface area contributed by atoms with Gasteiger partial charge in [-0.25, -0.2) is 0 Å². The second kappa shape index (κ2) is 3.71. The van der Waals surface area contributed by atoms with E-state index in [1.54, 1.807) is 0 Å². The van der Waals surface area contributed by atoms with E-state index in [-0.39, 0.29) is 0 Å². The molecule has 0 bridgehead atoms. The summed E-state index contributed by atoms with van der Waals surface area (Å²) < 4.78 is 0. The van der Waals surface area contributed by atoms with E-state index < -0.39 is 0 Å². The van der Waals surface area contributed by atoms with Gasteiger partial charge in [0.2, 0.25) is 0 Å². The zero-order chi connectivity index (χ0) is 12.1. The van der Waals surface area contributed by atoms with Crippen LogP contribution in [-0.2, 0) is 0 Å². The first-order chi connectivity index (χ1) is 7.26. The Morgan fingerprint density at radius 3 is 2.19 bits per heavy atom. The van der Waals surface area contributed by atoms with Crippen LogP contribution in [0.15, 0.2) is 0 Å². The van der Waals surface area contributed by atoms with Gasteiger partial charge in [0.1, 0.15) is 0 Å². The van der Waals surface area contributed by atoms with Crippen LogP contribution in [0.2, 0.25) is 0 Å². The Labute approximate surface area is 101 Å². The van der Waals surface area contributed by atoms with E-state index in [2.05, 4.69) is 51.8 Å². The number of nitrogens with zero attached hydrogens (tertiary/aromatic N) is 1. The molecule has 0 aromatic carbocycles. The van der Waals surface area contributed by atoms with Crippen LogP contribution in [0.25, 0.3) is 0 Å². The van der Waals surface area contributed by atoms with Crippen molar-refractivity contribution in [2.75, 3.05) is 19.6 Å². The zero-order valence-electron chi connectivity index (χ0n) is 11.8.